The molecule has 2 atom stereocenters. The van der Waals surface area contributed by atoms with Crippen LogP contribution in [0.3, 0.4) is 0 Å². The number of fused-ring (bicyclic) bond motifs is 1. The molecule has 2 aliphatic carbocycles. The number of hydrogen-bond donors (Lipinski definition) is 2. The van der Waals surface area contributed by atoms with Crippen molar-refractivity contribution < 1.29 is 24.2 Å². The molecular formula is C21H28N2O5S. The molecule has 1 aromatic rings. The van der Waals surface area contributed by atoms with E-state index in [1.54, 1.807) is 4.90 Å². The second-order valence-corrected chi connectivity index (χ2v) is 9.25. The Balaban J connectivity index is 1.61. The molecule has 1 saturated carbocycles. The average molecular weight is 421 g/mol. The maximum Gasteiger partial charge on any atom is 0.307 e. The van der Waals surface area contributed by atoms with Crippen LogP contribution in [0, 0.1) is 11.8 Å². The molecule has 4 rings (SSSR count). The third-order valence-electron chi connectivity index (χ3n) is 6.34. The molecule has 2 N–H and O–H groups in total. The van der Waals surface area contributed by atoms with Crippen LogP contribution in [0.4, 0.5) is 5.00 Å². The van der Waals surface area contributed by atoms with Crippen LogP contribution >= 0.6 is 11.3 Å². The second kappa shape index (κ2) is 8.83. The minimum Gasteiger partial charge on any atom is -0.481 e. The predicted octanol–water partition coefficient (Wildman–Crippen LogP) is 2.93. The molecule has 0 radical (unpaired) electrons. The number of nitrogens with one attached hydrogen (secondary N) is 1. The molecule has 1 saturated heterocycles. The fraction of sp³-hybridized carbons (Fsp3) is 0.667. The molecule has 1 aromatic heterocycles. The van der Waals surface area contributed by atoms with Crippen molar-refractivity contribution in [3.8, 4) is 0 Å². The van der Waals surface area contributed by atoms with Crippen LogP contribution in [0.25, 0.3) is 0 Å². The van der Waals surface area contributed by atoms with E-state index in [1.807, 2.05) is 0 Å². The molecule has 7 nitrogen and oxygen atoms in total. The fourth-order valence-corrected chi connectivity index (χ4v) is 6.03. The molecule has 0 unspecified atom stereocenters. The van der Waals surface area contributed by atoms with Crippen LogP contribution in [0.5, 0.6) is 0 Å². The number of rotatable bonds is 4. The Labute approximate surface area is 174 Å². The summed E-state index contributed by atoms with van der Waals surface area (Å²) in [5.41, 5.74) is 1.70. The minimum atomic E-state index is -0.903. The van der Waals surface area contributed by atoms with Crippen molar-refractivity contribution >= 4 is 34.1 Å². The fourth-order valence-electron chi connectivity index (χ4n) is 4.75. The molecule has 29 heavy (non-hydrogen) atoms. The van der Waals surface area contributed by atoms with E-state index < -0.39 is 17.8 Å². The highest BCUT2D eigenvalue weighted by molar-refractivity contribution is 7.17. The Hall–Kier alpha value is -1.93. The molecule has 3 aliphatic rings. The normalized spacial score (nSPS) is 24.6. The molecular weight excluding hydrogens is 392 g/mol. The first-order valence-electron chi connectivity index (χ1n) is 10.6. The Kier molecular flexibility index (Phi) is 6.20. The van der Waals surface area contributed by atoms with Gasteiger partial charge in [-0.2, -0.15) is 0 Å². The zero-order chi connectivity index (χ0) is 20.4. The summed E-state index contributed by atoms with van der Waals surface area (Å²) >= 11 is 1.50. The maximum absolute atomic E-state index is 13.3. The second-order valence-electron chi connectivity index (χ2n) is 8.14. The van der Waals surface area contributed by atoms with E-state index in [2.05, 4.69) is 5.32 Å². The number of morpholine rings is 1. The highest BCUT2D eigenvalue weighted by Gasteiger charge is 2.37. The quantitative estimate of drug-likeness (QED) is 0.781. The van der Waals surface area contributed by atoms with Crippen LogP contribution in [0.1, 0.15) is 59.3 Å². The molecule has 158 valence electrons. The van der Waals surface area contributed by atoms with Crippen LogP contribution in [0.15, 0.2) is 0 Å². The Morgan fingerprint density at radius 3 is 2.41 bits per heavy atom. The minimum absolute atomic E-state index is 0.0403. The van der Waals surface area contributed by atoms with E-state index in [0.29, 0.717) is 49.7 Å². The number of carbonyl (C=O) groups is 3. The van der Waals surface area contributed by atoms with E-state index in [9.17, 15) is 19.5 Å². The summed E-state index contributed by atoms with van der Waals surface area (Å²) in [6.45, 7) is 2.17. The summed E-state index contributed by atoms with van der Waals surface area (Å²) < 4.78 is 5.37. The van der Waals surface area contributed by atoms with Gasteiger partial charge in [0, 0.05) is 18.0 Å². The van der Waals surface area contributed by atoms with Crippen molar-refractivity contribution in [1.29, 1.82) is 0 Å². The van der Waals surface area contributed by atoms with Gasteiger partial charge >= 0.3 is 5.97 Å². The van der Waals surface area contributed by atoms with Crippen molar-refractivity contribution in [2.75, 3.05) is 31.6 Å². The van der Waals surface area contributed by atoms with Crippen molar-refractivity contribution in [1.82, 2.24) is 4.90 Å². The number of aryl methyl sites for hydroxylation is 1. The van der Waals surface area contributed by atoms with Gasteiger partial charge in [-0.1, -0.05) is 12.8 Å². The van der Waals surface area contributed by atoms with Gasteiger partial charge in [0.1, 0.15) is 5.00 Å². The number of thiophene rings is 1. The number of carboxylic acids is 1. The monoisotopic (exact) mass is 420 g/mol. The summed E-state index contributed by atoms with van der Waals surface area (Å²) in [5, 5.41) is 13.1. The third kappa shape index (κ3) is 4.19. The lowest BCUT2D eigenvalue weighted by atomic mass is 9.78. The van der Waals surface area contributed by atoms with Crippen LogP contribution in [0.2, 0.25) is 0 Å². The zero-order valence-corrected chi connectivity index (χ0v) is 17.4. The third-order valence-corrected chi connectivity index (χ3v) is 7.55. The highest BCUT2D eigenvalue weighted by Crippen LogP contribution is 2.40. The average Bonchev–Trinajstić information content (AvgIpc) is 3.11. The van der Waals surface area contributed by atoms with Gasteiger partial charge in [-0.15, -0.1) is 11.3 Å². The number of amides is 2. The largest absolute Gasteiger partial charge is 0.481 e. The van der Waals surface area contributed by atoms with E-state index >= 15 is 0 Å². The van der Waals surface area contributed by atoms with Crippen molar-refractivity contribution in [3.63, 3.8) is 0 Å². The lowest BCUT2D eigenvalue weighted by molar-refractivity contribution is -0.147. The van der Waals surface area contributed by atoms with Gasteiger partial charge in [0.05, 0.1) is 30.6 Å². The molecule has 0 spiro atoms. The predicted molar refractivity (Wildman–Crippen MR) is 109 cm³/mol. The van der Waals surface area contributed by atoms with Gasteiger partial charge in [-0.3, -0.25) is 14.4 Å². The summed E-state index contributed by atoms with van der Waals surface area (Å²) in [5.74, 6) is -2.38. The van der Waals surface area contributed by atoms with Crippen LogP contribution in [-0.2, 0) is 27.2 Å². The number of hydrogen-bond acceptors (Lipinski definition) is 5. The molecule has 1 aliphatic heterocycles. The van der Waals surface area contributed by atoms with E-state index in [1.165, 1.54) is 16.2 Å². The van der Waals surface area contributed by atoms with Crippen molar-refractivity contribution in [3.05, 3.63) is 16.0 Å². The summed E-state index contributed by atoms with van der Waals surface area (Å²) in [7, 11) is 0. The molecule has 2 fully saturated rings. The van der Waals surface area contributed by atoms with Gasteiger partial charge in [-0.05, 0) is 44.1 Å². The number of carboxylic acid groups (broad SMARTS) is 1. The van der Waals surface area contributed by atoms with E-state index in [4.69, 9.17) is 4.74 Å². The van der Waals surface area contributed by atoms with Crippen molar-refractivity contribution in [2.24, 2.45) is 11.8 Å². The first-order valence-corrected chi connectivity index (χ1v) is 11.4. The molecule has 8 heteroatoms. The molecule has 2 heterocycles. The highest BCUT2D eigenvalue weighted by atomic mass is 32.1. The standard InChI is InChI=1S/C21H28N2O5S/c24-18(13-5-1-2-6-14(13)21(26)27)22-19-17(15-7-3-4-8-16(15)29-19)20(25)23-9-11-28-12-10-23/h13-14H,1-12H2,(H,22,24)(H,26,27)/t13-,14-/m0/s1. The van der Waals surface area contributed by atoms with E-state index in [0.717, 1.165) is 44.1 Å². The van der Waals surface area contributed by atoms with Gasteiger partial charge in [0.15, 0.2) is 0 Å². The van der Waals surface area contributed by atoms with Crippen LogP contribution in [-0.4, -0.2) is 54.1 Å². The molecule has 0 aromatic carbocycles. The first-order chi connectivity index (χ1) is 14.1. The summed E-state index contributed by atoms with van der Waals surface area (Å²) in [6.07, 6.45) is 6.75. The molecule has 2 amide bonds. The number of carbonyl (C=O) groups excluding carboxylic acids is 2. The maximum atomic E-state index is 13.3. The smallest absolute Gasteiger partial charge is 0.307 e. The van der Waals surface area contributed by atoms with Crippen molar-refractivity contribution in [2.45, 2.75) is 51.4 Å². The van der Waals surface area contributed by atoms with Gasteiger partial charge in [-0.25, -0.2) is 0 Å². The number of anilines is 1. The van der Waals surface area contributed by atoms with Crippen LogP contribution < -0.4 is 5.32 Å². The topological polar surface area (TPSA) is 95.9 Å². The lowest BCUT2D eigenvalue weighted by Crippen LogP contribution is -2.41. The SMILES string of the molecule is O=C(O)[C@H]1CCCC[C@@H]1C(=O)Nc1sc2c(c1C(=O)N1CCOCC1)CCCC2. The Morgan fingerprint density at radius 2 is 1.69 bits per heavy atom. The summed E-state index contributed by atoms with van der Waals surface area (Å²) in [4.78, 5) is 40.9. The number of aliphatic carboxylic acids is 1. The Morgan fingerprint density at radius 1 is 1.00 bits per heavy atom. The van der Waals surface area contributed by atoms with Gasteiger partial charge in [0.25, 0.3) is 5.91 Å². The number of ether oxygens (including phenoxy) is 1. The lowest BCUT2D eigenvalue weighted by Gasteiger charge is -2.29. The summed E-state index contributed by atoms with van der Waals surface area (Å²) in [6, 6.07) is 0. The zero-order valence-electron chi connectivity index (χ0n) is 16.6. The van der Waals surface area contributed by atoms with Gasteiger partial charge in [0.2, 0.25) is 5.91 Å². The number of nitrogens with zero attached hydrogens (tertiary/aromatic N) is 1. The van der Waals surface area contributed by atoms with Gasteiger partial charge < -0.3 is 20.1 Å². The Bertz CT molecular complexity index is 799. The first kappa shape index (κ1) is 20.3. The van der Waals surface area contributed by atoms with E-state index in [-0.39, 0.29) is 11.8 Å². The molecule has 0 bridgehead atoms.